The van der Waals surface area contributed by atoms with Gasteiger partial charge in [-0.1, -0.05) is 0 Å². The van der Waals surface area contributed by atoms with Gasteiger partial charge < -0.3 is 16.6 Å². The molecule has 5 N–H and O–H groups in total. The van der Waals surface area contributed by atoms with Crippen molar-refractivity contribution in [2.75, 3.05) is 5.73 Å². The highest BCUT2D eigenvalue weighted by molar-refractivity contribution is 5.56. The van der Waals surface area contributed by atoms with Crippen LogP contribution in [0.2, 0.25) is 0 Å². The molecule has 0 aliphatic heterocycles. The van der Waals surface area contributed by atoms with Crippen LogP contribution >= 0.6 is 0 Å². The molecule has 0 spiro atoms. The maximum absolute atomic E-state index is 9.35. The molecule has 13 heavy (non-hydrogen) atoms. The molecule has 0 amide bonds. The maximum atomic E-state index is 9.35. The van der Waals surface area contributed by atoms with Gasteiger partial charge in [-0.05, 0) is 36.5 Å². The van der Waals surface area contributed by atoms with E-state index >= 15 is 0 Å². The van der Waals surface area contributed by atoms with E-state index < -0.39 is 0 Å². The normalized spacial score (nSPS) is 21.2. The fourth-order valence-electron chi connectivity index (χ4n) is 1.97. The van der Waals surface area contributed by atoms with Crippen molar-refractivity contribution in [1.82, 2.24) is 0 Å². The van der Waals surface area contributed by atoms with Crippen molar-refractivity contribution in [3.05, 3.63) is 23.3 Å². The largest absolute Gasteiger partial charge is 0.508 e. The fraction of sp³-hybridized carbons (Fsp3) is 0.400. The molecule has 0 radical (unpaired) electrons. The summed E-state index contributed by atoms with van der Waals surface area (Å²) in [5, 5.41) is 9.35. The van der Waals surface area contributed by atoms with E-state index in [2.05, 4.69) is 0 Å². The van der Waals surface area contributed by atoms with Gasteiger partial charge in [0.1, 0.15) is 5.75 Å². The van der Waals surface area contributed by atoms with Gasteiger partial charge in [0.25, 0.3) is 0 Å². The summed E-state index contributed by atoms with van der Waals surface area (Å²) in [5.74, 6) is 0.216. The molecular weight excluding hydrogens is 164 g/mol. The molecule has 0 saturated carbocycles. The molecule has 0 bridgehead atoms. The van der Waals surface area contributed by atoms with Crippen LogP contribution in [0.15, 0.2) is 12.1 Å². The van der Waals surface area contributed by atoms with E-state index in [1.54, 1.807) is 12.1 Å². The molecule has 1 unspecified atom stereocenters. The molecule has 3 heteroatoms. The predicted octanol–water partition coefficient (Wildman–Crippen LogP) is 1.31. The summed E-state index contributed by atoms with van der Waals surface area (Å²) in [6.45, 7) is 0. The van der Waals surface area contributed by atoms with Crippen LogP contribution in [0.1, 0.15) is 30.0 Å². The van der Waals surface area contributed by atoms with E-state index in [9.17, 15) is 5.11 Å². The highest BCUT2D eigenvalue weighted by atomic mass is 16.3. The summed E-state index contributed by atoms with van der Waals surface area (Å²) in [6, 6.07) is 3.37. The number of phenolic OH excluding ortho intramolecular Hbond substituents is 1. The summed E-state index contributed by atoms with van der Waals surface area (Å²) < 4.78 is 0. The van der Waals surface area contributed by atoms with E-state index in [1.807, 2.05) is 0 Å². The topological polar surface area (TPSA) is 72.3 Å². The van der Waals surface area contributed by atoms with Crippen molar-refractivity contribution in [2.45, 2.75) is 25.3 Å². The van der Waals surface area contributed by atoms with Crippen molar-refractivity contribution < 1.29 is 5.11 Å². The first-order valence-corrected chi connectivity index (χ1v) is 4.55. The fourth-order valence-corrected chi connectivity index (χ4v) is 1.97. The van der Waals surface area contributed by atoms with E-state index in [4.69, 9.17) is 11.5 Å². The van der Waals surface area contributed by atoms with Gasteiger partial charge in [0, 0.05) is 17.8 Å². The van der Waals surface area contributed by atoms with Crippen LogP contribution in [-0.4, -0.2) is 5.11 Å². The number of hydrogen-bond donors (Lipinski definition) is 3. The third kappa shape index (κ3) is 1.35. The zero-order valence-corrected chi connectivity index (χ0v) is 7.46. The first kappa shape index (κ1) is 8.38. The molecular formula is C10H14N2O. The lowest BCUT2D eigenvalue weighted by molar-refractivity contribution is 0.471. The van der Waals surface area contributed by atoms with Crippen LogP contribution in [-0.2, 0) is 6.42 Å². The molecule has 1 aliphatic rings. The molecule has 0 aromatic heterocycles. The minimum Gasteiger partial charge on any atom is -0.508 e. The lowest BCUT2D eigenvalue weighted by Crippen LogP contribution is -2.18. The minimum absolute atomic E-state index is 0.0400. The van der Waals surface area contributed by atoms with Crippen LogP contribution in [0.5, 0.6) is 5.75 Å². The zero-order valence-electron chi connectivity index (χ0n) is 7.46. The molecule has 1 aromatic carbocycles. The number of aromatic hydroxyl groups is 1. The van der Waals surface area contributed by atoms with Crippen molar-refractivity contribution in [3.8, 4) is 5.75 Å². The lowest BCUT2D eigenvalue weighted by atomic mass is 9.87. The minimum atomic E-state index is 0.0400. The lowest BCUT2D eigenvalue weighted by Gasteiger charge is -2.23. The molecule has 0 fully saturated rings. The molecule has 2 rings (SSSR count). The molecule has 0 heterocycles. The number of fused-ring (bicyclic) bond motifs is 1. The van der Waals surface area contributed by atoms with Gasteiger partial charge in [-0.25, -0.2) is 0 Å². The quantitative estimate of drug-likeness (QED) is 0.524. The van der Waals surface area contributed by atoms with Crippen molar-refractivity contribution >= 4 is 5.69 Å². The smallest absolute Gasteiger partial charge is 0.117 e. The summed E-state index contributed by atoms with van der Waals surface area (Å²) in [4.78, 5) is 0. The monoisotopic (exact) mass is 178 g/mol. The van der Waals surface area contributed by atoms with E-state index in [0.717, 1.165) is 30.4 Å². The predicted molar refractivity (Wildman–Crippen MR) is 52.4 cm³/mol. The number of phenols is 1. The Morgan fingerprint density at radius 2 is 2.15 bits per heavy atom. The van der Waals surface area contributed by atoms with E-state index in [1.165, 1.54) is 0 Å². The molecule has 0 saturated heterocycles. The van der Waals surface area contributed by atoms with Crippen LogP contribution < -0.4 is 11.5 Å². The van der Waals surface area contributed by atoms with Crippen LogP contribution in [0.25, 0.3) is 0 Å². The van der Waals surface area contributed by atoms with Gasteiger partial charge in [-0.15, -0.1) is 0 Å². The number of rotatable bonds is 0. The van der Waals surface area contributed by atoms with Crippen LogP contribution in [0.3, 0.4) is 0 Å². The average Bonchev–Trinajstić information content (AvgIpc) is 2.07. The van der Waals surface area contributed by atoms with Gasteiger partial charge in [0.05, 0.1) is 0 Å². The van der Waals surface area contributed by atoms with Crippen molar-refractivity contribution in [2.24, 2.45) is 5.73 Å². The molecule has 1 atom stereocenters. The Bertz CT molecular complexity index is 336. The summed E-state index contributed by atoms with van der Waals surface area (Å²) in [6.07, 6.45) is 3.05. The zero-order chi connectivity index (χ0) is 9.42. The number of nitrogens with two attached hydrogens (primary N) is 2. The third-order valence-electron chi connectivity index (χ3n) is 2.65. The number of benzene rings is 1. The van der Waals surface area contributed by atoms with Gasteiger partial charge in [-0.3, -0.25) is 0 Å². The van der Waals surface area contributed by atoms with Gasteiger partial charge in [0.2, 0.25) is 0 Å². The average molecular weight is 178 g/mol. The molecule has 1 aromatic rings. The van der Waals surface area contributed by atoms with Crippen LogP contribution in [0, 0.1) is 0 Å². The van der Waals surface area contributed by atoms with Gasteiger partial charge in [0.15, 0.2) is 0 Å². The van der Waals surface area contributed by atoms with E-state index in [0.29, 0.717) is 5.69 Å². The number of nitrogen functional groups attached to an aromatic ring is 1. The SMILES string of the molecule is Nc1cc(O)cc2c1CCCC2N. The highest BCUT2D eigenvalue weighted by Gasteiger charge is 2.19. The maximum Gasteiger partial charge on any atom is 0.117 e. The Hall–Kier alpha value is -1.22. The van der Waals surface area contributed by atoms with Gasteiger partial charge in [-0.2, -0.15) is 0 Å². The molecule has 3 nitrogen and oxygen atoms in total. The van der Waals surface area contributed by atoms with Crippen molar-refractivity contribution in [1.29, 1.82) is 0 Å². The second kappa shape index (κ2) is 2.92. The molecule has 1 aliphatic carbocycles. The first-order chi connectivity index (χ1) is 6.18. The first-order valence-electron chi connectivity index (χ1n) is 4.55. The molecule has 70 valence electrons. The Balaban J connectivity index is 2.56. The third-order valence-corrected chi connectivity index (χ3v) is 2.65. The Labute approximate surface area is 77.4 Å². The standard InChI is InChI=1S/C10H14N2O/c11-9-3-1-2-7-8(9)4-6(13)5-10(7)12/h4-5,9,13H,1-3,11-12H2. The number of hydrogen-bond acceptors (Lipinski definition) is 3. The Morgan fingerprint density at radius 3 is 2.92 bits per heavy atom. The Morgan fingerprint density at radius 1 is 1.38 bits per heavy atom. The van der Waals surface area contributed by atoms with Gasteiger partial charge >= 0.3 is 0 Å². The second-order valence-electron chi connectivity index (χ2n) is 3.60. The van der Waals surface area contributed by atoms with Crippen molar-refractivity contribution in [3.63, 3.8) is 0 Å². The number of anilines is 1. The summed E-state index contributed by atoms with van der Waals surface area (Å²) in [5.41, 5.74) is 14.5. The summed E-state index contributed by atoms with van der Waals surface area (Å²) >= 11 is 0. The second-order valence-corrected chi connectivity index (χ2v) is 3.60. The Kier molecular flexibility index (Phi) is 1.88. The summed E-state index contributed by atoms with van der Waals surface area (Å²) in [7, 11) is 0. The van der Waals surface area contributed by atoms with Crippen LogP contribution in [0.4, 0.5) is 5.69 Å². The van der Waals surface area contributed by atoms with E-state index in [-0.39, 0.29) is 11.8 Å². The highest BCUT2D eigenvalue weighted by Crippen LogP contribution is 2.34.